The van der Waals surface area contributed by atoms with E-state index in [9.17, 15) is 10.2 Å². The van der Waals surface area contributed by atoms with E-state index in [1.54, 1.807) is 0 Å². The molecule has 10 rings (SSSR count). The summed E-state index contributed by atoms with van der Waals surface area (Å²) < 4.78 is 18.2. The quantitative estimate of drug-likeness (QED) is 0.0647. The Kier molecular flexibility index (Phi) is 23.6. The predicted molar refractivity (Wildman–Crippen MR) is 380 cm³/mol. The van der Waals surface area contributed by atoms with Gasteiger partial charge in [-0.3, -0.25) is 0 Å². The molecule has 0 unspecified atom stereocenters. The molecule has 2 heterocycles. The van der Waals surface area contributed by atoms with E-state index in [1.165, 1.54) is 5.56 Å². The maximum absolute atomic E-state index is 13.0. The van der Waals surface area contributed by atoms with Gasteiger partial charge >= 0.3 is 49.5 Å². The van der Waals surface area contributed by atoms with Gasteiger partial charge in [0.05, 0.1) is 46.7 Å². The third kappa shape index (κ3) is 16.7. The first-order valence-corrected chi connectivity index (χ1v) is 48.0. The van der Waals surface area contributed by atoms with Crippen LogP contribution in [0, 0.1) is 39.5 Å². The zero-order valence-electron chi connectivity index (χ0n) is 54.7. The van der Waals surface area contributed by atoms with Crippen molar-refractivity contribution in [2.24, 2.45) is 10.8 Å². The van der Waals surface area contributed by atoms with E-state index in [1.807, 2.05) is 38.1 Å². The van der Waals surface area contributed by atoms with E-state index in [4.69, 9.17) is 67.0 Å². The van der Waals surface area contributed by atoms with E-state index >= 15 is 0 Å². The Morgan fingerprint density at radius 2 is 0.764 bits per heavy atom. The molecule has 0 radical (unpaired) electrons. The van der Waals surface area contributed by atoms with E-state index in [-0.39, 0.29) is 79.3 Å². The number of phenolic OH excluding ortho intramolecular Hbond substituents is 2. The molecular formula is C75H86Cl6Hf2N2O4-2. The molecule has 0 aliphatic heterocycles. The van der Waals surface area contributed by atoms with Gasteiger partial charge in [-0.05, 0) is 160 Å². The first-order chi connectivity index (χ1) is 40.0. The molecule has 0 atom stereocenters. The van der Waals surface area contributed by atoms with Gasteiger partial charge in [-0.2, -0.15) is 0 Å². The zero-order chi connectivity index (χ0) is 62.8. The number of para-hydroxylation sites is 3. The van der Waals surface area contributed by atoms with Crippen molar-refractivity contribution in [2.45, 2.75) is 139 Å². The number of benzene rings is 8. The van der Waals surface area contributed by atoms with Crippen molar-refractivity contribution < 1.29 is 60.8 Å². The molecule has 0 amide bonds. The largest absolute Gasteiger partial charge is 0 e. The number of hydrogen-bond donors (Lipinski definition) is 2. The molecule has 0 aliphatic carbocycles. The van der Waals surface area contributed by atoms with Gasteiger partial charge in [0, 0.05) is 86.1 Å². The van der Waals surface area contributed by atoms with Crippen LogP contribution < -0.4 is 9.47 Å². The number of rotatable bonds is 14. The number of aryl methyl sites for hydroxylation is 2. The number of aromatic hydroxyl groups is 2. The van der Waals surface area contributed by atoms with Gasteiger partial charge in [0.2, 0.25) is 0 Å². The number of aromatic nitrogens is 2. The molecule has 6 nitrogen and oxygen atoms in total. The Hall–Kier alpha value is -3.96. The van der Waals surface area contributed by atoms with Gasteiger partial charge in [-0.25, -0.2) is 0 Å². The SMILES string of the molecule is Cc1cc(Cl)cc(-c2cc(C(C)(C)CC(C)(C)C)cc(-n3c4ccccc4c4ccccc43)c2O)c1OCCCOc1c(C)cc(Cl)cc1-c1cc(C(C)(C)CC(C)(C)C)cc(-n2c3ccccc3c3cc(C(C)(C)C)ccc32)c1O.[CH3-].[CH3-].[Cl][Hf]([Cl])([Cl])[Cl].[Hf]. The first-order valence-electron chi connectivity index (χ1n) is 29.4. The van der Waals surface area contributed by atoms with Crippen LogP contribution in [0.2, 0.25) is 10.0 Å². The fourth-order valence-electron chi connectivity index (χ4n) is 13.2. The molecule has 0 fully saturated rings. The summed E-state index contributed by atoms with van der Waals surface area (Å²) in [5.74, 6) is 1.57. The molecule has 0 saturated carbocycles. The Morgan fingerprint density at radius 1 is 0.427 bits per heavy atom. The van der Waals surface area contributed by atoms with Gasteiger partial charge in [0.1, 0.15) is 23.0 Å². The van der Waals surface area contributed by atoms with Crippen molar-refractivity contribution in [3.05, 3.63) is 192 Å². The fourth-order valence-corrected chi connectivity index (χ4v) is 13.7. The van der Waals surface area contributed by atoms with Crippen LogP contribution in [0.4, 0.5) is 0 Å². The number of phenols is 2. The second-order valence-corrected chi connectivity index (χ2v) is 59.9. The second-order valence-electron chi connectivity index (χ2n) is 27.9. The van der Waals surface area contributed by atoms with Gasteiger partial charge in [-0.1, -0.05) is 174 Å². The third-order valence-electron chi connectivity index (χ3n) is 16.1. The standard InChI is InChI=1S/C73H80Cl2N2O4.2CH3.4ClH.2Hf/c1-44-33-49(74)40-57(55-36-47(72(12,13)42-69(3,4)5)38-63(65(55)78)76-59-26-19-16-23-51(59)52-24-17-20-27-60(52)76)67(44)80-31-22-32-81-68-45(2)34-50(75)41-58(68)56-37-48(73(14,15)43-70(6,7)8)39-64(66(56)79)77-61-28-21-18-25-53(61)54-35-46(71(9,10)11)29-30-62(54)77;;;;;;;;/h16-21,23-30,33-41,78-79H,22,31-32,42-43H2,1-15H3;2*1H3;4*1H;;/q;2*-1;;;;;;+4/p-4. The van der Waals surface area contributed by atoms with E-state index in [2.05, 4.69) is 214 Å². The summed E-state index contributed by atoms with van der Waals surface area (Å²) in [7, 11) is 20.2. The van der Waals surface area contributed by atoms with Crippen LogP contribution in [-0.4, -0.2) is 32.6 Å². The topological polar surface area (TPSA) is 68.8 Å². The van der Waals surface area contributed by atoms with Crippen molar-refractivity contribution in [3.63, 3.8) is 0 Å². The minimum atomic E-state index is -3.39. The van der Waals surface area contributed by atoms with Crippen LogP contribution in [0.1, 0.15) is 137 Å². The molecular weight excluding hydrogens is 1560 g/mol. The van der Waals surface area contributed by atoms with Crippen LogP contribution in [0.5, 0.6) is 23.0 Å². The summed E-state index contributed by atoms with van der Waals surface area (Å²) >= 11 is 10.6. The molecule has 8 aromatic carbocycles. The molecule has 89 heavy (non-hydrogen) atoms. The van der Waals surface area contributed by atoms with Crippen molar-refractivity contribution in [1.29, 1.82) is 0 Å². The molecule has 2 aromatic heterocycles. The average Bonchev–Trinajstić information content (AvgIpc) is 1.67. The average molecular weight is 1650 g/mol. The van der Waals surface area contributed by atoms with Crippen molar-refractivity contribution in [3.8, 4) is 56.6 Å². The molecule has 0 saturated heterocycles. The smallest absolute Gasteiger partial charge is 0 e. The zero-order valence-corrected chi connectivity index (χ0v) is 66.4. The van der Waals surface area contributed by atoms with Crippen LogP contribution in [0.3, 0.4) is 0 Å². The Bertz CT molecular complexity index is 4140. The minimum absolute atomic E-state index is 0. The van der Waals surface area contributed by atoms with E-state index in [0.29, 0.717) is 74.8 Å². The second kappa shape index (κ2) is 28.3. The summed E-state index contributed by atoms with van der Waals surface area (Å²) in [6.07, 6.45) is 2.33. The van der Waals surface area contributed by atoms with Crippen molar-refractivity contribution >= 4 is 101 Å². The molecule has 2 N–H and O–H groups in total. The minimum Gasteiger partial charge on any atom is 0 e. The maximum Gasteiger partial charge on any atom is 0 e. The molecule has 472 valence electrons. The Balaban J connectivity index is 0.00000152. The molecule has 0 spiro atoms. The van der Waals surface area contributed by atoms with Gasteiger partial charge in [-0.15, -0.1) is 0 Å². The summed E-state index contributed by atoms with van der Waals surface area (Å²) in [5.41, 5.74) is 12.7. The summed E-state index contributed by atoms with van der Waals surface area (Å²) in [6, 6.07) is 48.3. The van der Waals surface area contributed by atoms with Crippen LogP contribution in [0.25, 0.3) is 77.2 Å². The van der Waals surface area contributed by atoms with Gasteiger partial charge in [0.15, 0.2) is 0 Å². The summed E-state index contributed by atoms with van der Waals surface area (Å²) in [4.78, 5) is 0. The molecule has 10 aromatic rings. The third-order valence-corrected chi connectivity index (χ3v) is 16.6. The fraction of sp³-hybridized carbons (Fsp3) is 0.333. The van der Waals surface area contributed by atoms with E-state index in [0.717, 1.165) is 78.7 Å². The van der Waals surface area contributed by atoms with Gasteiger partial charge < -0.3 is 43.7 Å². The normalized spacial score (nSPS) is 12.4. The summed E-state index contributed by atoms with van der Waals surface area (Å²) in [5, 5.41) is 31.4. The number of fused-ring (bicyclic) bond motifs is 6. The first kappa shape index (κ1) is 74.1. The van der Waals surface area contributed by atoms with Crippen LogP contribution in [-0.2, 0) is 57.3 Å². The van der Waals surface area contributed by atoms with Gasteiger partial charge in [0.25, 0.3) is 0 Å². The Morgan fingerprint density at radius 3 is 1.11 bits per heavy atom. The molecule has 0 bridgehead atoms. The monoisotopic (exact) mass is 1650 g/mol. The van der Waals surface area contributed by atoms with Crippen molar-refractivity contribution in [2.75, 3.05) is 13.2 Å². The van der Waals surface area contributed by atoms with Crippen LogP contribution >= 0.6 is 57.5 Å². The number of ether oxygens (including phenoxy) is 2. The number of nitrogens with zero attached hydrogens (tertiary/aromatic N) is 2. The predicted octanol–water partition coefficient (Wildman–Crippen LogP) is 24.8. The summed E-state index contributed by atoms with van der Waals surface area (Å²) in [6.45, 7) is 34.2. The molecule has 0 aliphatic rings. The number of halogens is 6. The van der Waals surface area contributed by atoms with Crippen LogP contribution in [0.15, 0.2) is 140 Å². The number of hydrogen-bond acceptors (Lipinski definition) is 4. The maximum atomic E-state index is 13.0. The molecule has 14 heteroatoms. The Labute approximate surface area is 577 Å². The van der Waals surface area contributed by atoms with E-state index < -0.39 is 15.2 Å². The van der Waals surface area contributed by atoms with Crippen molar-refractivity contribution in [1.82, 2.24) is 9.13 Å².